The molecule has 0 fully saturated rings. The molecule has 0 heterocycles. The Hall–Kier alpha value is -1.22. The van der Waals surface area contributed by atoms with Crippen LogP contribution in [0.1, 0.15) is 32.3 Å². The van der Waals surface area contributed by atoms with Crippen LogP contribution in [0.5, 0.6) is 11.5 Å². The van der Waals surface area contributed by atoms with E-state index in [0.717, 1.165) is 11.5 Å². The van der Waals surface area contributed by atoms with E-state index in [-0.39, 0.29) is 5.54 Å². The van der Waals surface area contributed by atoms with Crippen molar-refractivity contribution >= 4 is 0 Å². The van der Waals surface area contributed by atoms with E-state index < -0.39 is 0 Å². The Morgan fingerprint density at radius 1 is 1.18 bits per heavy atom. The molecule has 1 rings (SSSR count). The van der Waals surface area contributed by atoms with Gasteiger partial charge >= 0.3 is 0 Å². The fraction of sp³-hybridized carbons (Fsp3) is 0.571. The Morgan fingerprint density at radius 3 is 2.29 bits per heavy atom. The van der Waals surface area contributed by atoms with Crippen molar-refractivity contribution in [3.63, 3.8) is 0 Å². The van der Waals surface area contributed by atoms with E-state index in [9.17, 15) is 0 Å². The van der Waals surface area contributed by atoms with Gasteiger partial charge in [-0.05, 0) is 32.5 Å². The second-order valence-electron chi connectivity index (χ2n) is 4.80. The van der Waals surface area contributed by atoms with E-state index in [2.05, 4.69) is 32.2 Å². The van der Waals surface area contributed by atoms with Gasteiger partial charge in [-0.1, -0.05) is 13.0 Å². The van der Waals surface area contributed by atoms with Gasteiger partial charge in [-0.15, -0.1) is 0 Å². The van der Waals surface area contributed by atoms with Crippen molar-refractivity contribution in [2.45, 2.75) is 32.2 Å². The Kier molecular flexibility index (Phi) is 4.40. The minimum atomic E-state index is 0.0157. The van der Waals surface area contributed by atoms with Gasteiger partial charge in [0.2, 0.25) is 0 Å². The monoisotopic (exact) mass is 237 g/mol. The minimum absolute atomic E-state index is 0.0157. The fourth-order valence-corrected chi connectivity index (χ4v) is 1.78. The standard InChI is InChI=1S/C14H23NO2/c1-10(14(2,3)15-4)12-8-7-11(16-5)9-13(12)17-6/h7-10,15H,1-6H3. The largest absolute Gasteiger partial charge is 0.497 e. The van der Waals surface area contributed by atoms with Gasteiger partial charge in [-0.25, -0.2) is 0 Å². The highest BCUT2D eigenvalue weighted by Crippen LogP contribution is 2.35. The lowest BCUT2D eigenvalue weighted by Crippen LogP contribution is -2.41. The summed E-state index contributed by atoms with van der Waals surface area (Å²) in [6.45, 7) is 6.56. The summed E-state index contributed by atoms with van der Waals surface area (Å²) >= 11 is 0. The van der Waals surface area contributed by atoms with Crippen LogP contribution in [-0.2, 0) is 0 Å². The predicted octanol–water partition coefficient (Wildman–Crippen LogP) is 2.81. The van der Waals surface area contributed by atoms with Crippen LogP contribution in [-0.4, -0.2) is 26.8 Å². The number of hydrogen-bond acceptors (Lipinski definition) is 3. The molecule has 1 aromatic rings. The van der Waals surface area contributed by atoms with Crippen LogP contribution in [0.4, 0.5) is 0 Å². The van der Waals surface area contributed by atoms with Crippen molar-refractivity contribution in [3.8, 4) is 11.5 Å². The first-order valence-corrected chi connectivity index (χ1v) is 5.87. The predicted molar refractivity (Wildman–Crippen MR) is 71.1 cm³/mol. The second-order valence-corrected chi connectivity index (χ2v) is 4.80. The first-order chi connectivity index (χ1) is 7.96. The molecule has 0 amide bonds. The zero-order valence-electron chi connectivity index (χ0n) is 11.6. The number of methoxy groups -OCH3 is 2. The summed E-state index contributed by atoms with van der Waals surface area (Å²) < 4.78 is 10.6. The van der Waals surface area contributed by atoms with Gasteiger partial charge in [-0.3, -0.25) is 0 Å². The average molecular weight is 237 g/mol. The minimum Gasteiger partial charge on any atom is -0.497 e. The van der Waals surface area contributed by atoms with Crippen LogP contribution in [0.25, 0.3) is 0 Å². The summed E-state index contributed by atoms with van der Waals surface area (Å²) in [5, 5.41) is 3.33. The molecule has 0 saturated carbocycles. The van der Waals surface area contributed by atoms with Gasteiger partial charge in [0, 0.05) is 17.5 Å². The molecule has 96 valence electrons. The Labute approximate surface area is 104 Å². The van der Waals surface area contributed by atoms with Crippen LogP contribution >= 0.6 is 0 Å². The Bertz CT molecular complexity index is 374. The summed E-state index contributed by atoms with van der Waals surface area (Å²) in [5.74, 6) is 2.04. The van der Waals surface area contributed by atoms with E-state index in [4.69, 9.17) is 9.47 Å². The van der Waals surface area contributed by atoms with Crippen LogP contribution in [0.2, 0.25) is 0 Å². The second kappa shape index (κ2) is 5.41. The Morgan fingerprint density at radius 2 is 1.82 bits per heavy atom. The van der Waals surface area contributed by atoms with Crippen molar-refractivity contribution in [2.75, 3.05) is 21.3 Å². The molecule has 0 saturated heterocycles. The summed E-state index contributed by atoms with van der Waals surface area (Å²) in [5.41, 5.74) is 1.20. The molecule has 1 aromatic carbocycles. The van der Waals surface area contributed by atoms with E-state index in [1.165, 1.54) is 5.56 Å². The number of likely N-dealkylation sites (N-methyl/N-ethyl adjacent to an activating group) is 1. The quantitative estimate of drug-likeness (QED) is 0.854. The van der Waals surface area contributed by atoms with Crippen LogP contribution in [0.15, 0.2) is 18.2 Å². The summed E-state index contributed by atoms with van der Waals surface area (Å²) in [6, 6.07) is 5.97. The molecule has 0 aliphatic carbocycles. The highest BCUT2D eigenvalue weighted by Gasteiger charge is 2.27. The third-order valence-electron chi connectivity index (χ3n) is 3.63. The fourth-order valence-electron chi connectivity index (χ4n) is 1.78. The lowest BCUT2D eigenvalue weighted by atomic mass is 9.83. The number of rotatable bonds is 5. The van der Waals surface area contributed by atoms with Crippen molar-refractivity contribution in [2.24, 2.45) is 0 Å². The zero-order valence-corrected chi connectivity index (χ0v) is 11.6. The molecule has 3 nitrogen and oxygen atoms in total. The molecule has 1 unspecified atom stereocenters. The first-order valence-electron chi connectivity index (χ1n) is 5.87. The maximum absolute atomic E-state index is 5.44. The van der Waals surface area contributed by atoms with E-state index in [1.807, 2.05) is 19.2 Å². The highest BCUT2D eigenvalue weighted by molar-refractivity contribution is 5.43. The molecule has 1 N–H and O–H groups in total. The molecule has 1 atom stereocenters. The normalized spacial score (nSPS) is 13.3. The molecular weight excluding hydrogens is 214 g/mol. The first kappa shape index (κ1) is 13.8. The number of hydrogen-bond donors (Lipinski definition) is 1. The van der Waals surface area contributed by atoms with Gasteiger partial charge in [0.05, 0.1) is 14.2 Å². The summed E-state index contributed by atoms with van der Waals surface area (Å²) in [4.78, 5) is 0. The van der Waals surface area contributed by atoms with Gasteiger partial charge < -0.3 is 14.8 Å². The van der Waals surface area contributed by atoms with Crippen LogP contribution < -0.4 is 14.8 Å². The Balaban J connectivity index is 3.13. The highest BCUT2D eigenvalue weighted by atomic mass is 16.5. The van der Waals surface area contributed by atoms with Gasteiger partial charge in [0.25, 0.3) is 0 Å². The lowest BCUT2D eigenvalue weighted by molar-refractivity contribution is 0.341. The van der Waals surface area contributed by atoms with E-state index >= 15 is 0 Å². The number of benzene rings is 1. The van der Waals surface area contributed by atoms with Gasteiger partial charge in [-0.2, -0.15) is 0 Å². The third-order valence-corrected chi connectivity index (χ3v) is 3.63. The number of nitrogens with one attached hydrogen (secondary N) is 1. The van der Waals surface area contributed by atoms with Crippen molar-refractivity contribution < 1.29 is 9.47 Å². The lowest BCUT2D eigenvalue weighted by Gasteiger charge is -2.32. The summed E-state index contributed by atoms with van der Waals surface area (Å²) in [6.07, 6.45) is 0. The maximum Gasteiger partial charge on any atom is 0.126 e. The average Bonchev–Trinajstić information content (AvgIpc) is 2.36. The molecular formula is C14H23NO2. The molecule has 0 radical (unpaired) electrons. The van der Waals surface area contributed by atoms with E-state index in [0.29, 0.717) is 5.92 Å². The topological polar surface area (TPSA) is 30.5 Å². The summed E-state index contributed by atoms with van der Waals surface area (Å²) in [7, 11) is 5.33. The number of ether oxygens (including phenoxy) is 2. The molecule has 0 spiro atoms. The SMILES string of the molecule is CNC(C)(C)C(C)c1ccc(OC)cc1OC. The van der Waals surface area contributed by atoms with Crippen LogP contribution in [0, 0.1) is 0 Å². The zero-order chi connectivity index (χ0) is 13.1. The van der Waals surface area contributed by atoms with Crippen molar-refractivity contribution in [1.82, 2.24) is 5.32 Å². The smallest absolute Gasteiger partial charge is 0.126 e. The molecule has 0 aliphatic rings. The molecule has 0 bridgehead atoms. The van der Waals surface area contributed by atoms with Gasteiger partial charge in [0.15, 0.2) is 0 Å². The van der Waals surface area contributed by atoms with Crippen LogP contribution in [0.3, 0.4) is 0 Å². The third kappa shape index (κ3) is 2.91. The van der Waals surface area contributed by atoms with Crippen molar-refractivity contribution in [1.29, 1.82) is 0 Å². The maximum atomic E-state index is 5.44. The van der Waals surface area contributed by atoms with Crippen molar-refractivity contribution in [3.05, 3.63) is 23.8 Å². The van der Waals surface area contributed by atoms with E-state index in [1.54, 1.807) is 14.2 Å². The van der Waals surface area contributed by atoms with Gasteiger partial charge in [0.1, 0.15) is 11.5 Å². The molecule has 0 aliphatic heterocycles. The molecule has 0 aromatic heterocycles. The molecule has 17 heavy (non-hydrogen) atoms. The molecule has 3 heteroatoms.